The topological polar surface area (TPSA) is 113 Å². The van der Waals surface area contributed by atoms with Crippen molar-refractivity contribution < 1.29 is 27.4 Å². The van der Waals surface area contributed by atoms with Gasteiger partial charge in [0.25, 0.3) is 0 Å². The van der Waals surface area contributed by atoms with Crippen LogP contribution in [0.4, 0.5) is 29.2 Å². The monoisotopic (exact) mass is 898 g/mol. The lowest BCUT2D eigenvalue weighted by Gasteiger charge is -2.21. The molecule has 16 heteroatoms. The molecule has 0 amide bonds. The summed E-state index contributed by atoms with van der Waals surface area (Å²) in [6.45, 7) is 1.98. The molecule has 63 heavy (non-hydrogen) atoms. The van der Waals surface area contributed by atoms with E-state index in [9.17, 15) is 22.7 Å². The molecule has 0 saturated carbocycles. The number of methoxy groups -OCH3 is 1. The van der Waals surface area contributed by atoms with E-state index in [1.807, 2.05) is 60.3 Å². The zero-order valence-corrected chi connectivity index (χ0v) is 36.2. The standard InChI is InChI=1S/C24H22F2N4O.C23H20F2N4O.2ClH/c1-30(12-5-13-31-2)24-19-14-16(18-7-3-8-20(25)22(18)26)9-10-21(19)28-23(29-24)17-6-4-11-27-15-17;1-29(11-4-12-30)23-18-13-15(17-6-2-7-19(24)21(17)25)8-9-20(18)27-22(28-23)16-5-3-10-26-14-16;;/h3-4,6-11,14-15H,5,12-13H2,1-2H3;2-3,5-10,13-14,30H,4,11-12H2,1H3;2*1H. The molecule has 1 N–H and O–H groups in total. The van der Waals surface area contributed by atoms with E-state index in [0.717, 1.165) is 35.1 Å². The summed E-state index contributed by atoms with van der Waals surface area (Å²) in [7, 11) is 5.49. The highest BCUT2D eigenvalue weighted by atomic mass is 35.5. The van der Waals surface area contributed by atoms with Gasteiger partial charge in [-0.3, -0.25) is 9.97 Å². The molecule has 4 aromatic carbocycles. The van der Waals surface area contributed by atoms with E-state index < -0.39 is 23.3 Å². The molecule has 0 spiro atoms. The first-order chi connectivity index (χ1) is 29.7. The molecule has 8 aromatic rings. The highest BCUT2D eigenvalue weighted by Gasteiger charge is 2.18. The quantitative estimate of drug-likeness (QED) is 0.0886. The molecule has 0 saturated heterocycles. The van der Waals surface area contributed by atoms with Crippen molar-refractivity contribution in [1.29, 1.82) is 0 Å². The minimum Gasteiger partial charge on any atom is -0.396 e. The third-order valence-electron chi connectivity index (χ3n) is 9.93. The van der Waals surface area contributed by atoms with Gasteiger partial charge in [-0.25, -0.2) is 37.5 Å². The first kappa shape index (κ1) is 47.7. The number of nitrogens with zero attached hydrogens (tertiary/aromatic N) is 8. The number of hydrogen-bond acceptors (Lipinski definition) is 10. The maximum Gasteiger partial charge on any atom is 0.166 e. The lowest BCUT2D eigenvalue weighted by Crippen LogP contribution is -2.21. The second-order valence-electron chi connectivity index (χ2n) is 14.2. The minimum atomic E-state index is -0.893. The average molecular weight is 900 g/mol. The van der Waals surface area contributed by atoms with Crippen molar-refractivity contribution in [3.63, 3.8) is 0 Å². The largest absolute Gasteiger partial charge is 0.396 e. The summed E-state index contributed by atoms with van der Waals surface area (Å²) >= 11 is 0. The Labute approximate surface area is 374 Å². The molecule has 8 rings (SSSR count). The van der Waals surface area contributed by atoms with Gasteiger partial charge in [-0.05, 0) is 84.6 Å². The Bertz CT molecular complexity index is 2780. The van der Waals surface area contributed by atoms with Crippen molar-refractivity contribution in [1.82, 2.24) is 29.9 Å². The Balaban J connectivity index is 0.000000230. The number of aliphatic hydroxyl groups is 1. The van der Waals surface area contributed by atoms with Crippen LogP contribution in [-0.2, 0) is 4.74 Å². The molecule has 0 unspecified atom stereocenters. The number of ether oxygens (including phenoxy) is 1. The van der Waals surface area contributed by atoms with E-state index in [2.05, 4.69) is 19.9 Å². The van der Waals surface area contributed by atoms with Crippen LogP contribution in [-0.4, -0.2) is 82.5 Å². The number of anilines is 2. The predicted octanol–water partition coefficient (Wildman–Crippen LogP) is 10.4. The van der Waals surface area contributed by atoms with E-state index in [0.29, 0.717) is 76.9 Å². The number of pyridine rings is 2. The second kappa shape index (κ2) is 22.2. The summed E-state index contributed by atoms with van der Waals surface area (Å²) in [5, 5.41) is 10.7. The van der Waals surface area contributed by atoms with Gasteiger partial charge in [0, 0.05) is 105 Å². The number of hydrogen-bond donors (Lipinski definition) is 1. The normalized spacial score (nSPS) is 10.7. The van der Waals surface area contributed by atoms with Crippen molar-refractivity contribution in [3.8, 4) is 45.0 Å². The number of aromatic nitrogens is 6. The Hall–Kier alpha value is -6.32. The Morgan fingerprint density at radius 3 is 1.43 bits per heavy atom. The third-order valence-corrected chi connectivity index (χ3v) is 9.93. The van der Waals surface area contributed by atoms with Crippen molar-refractivity contribution >= 4 is 58.3 Å². The second-order valence-corrected chi connectivity index (χ2v) is 14.2. The molecule has 326 valence electrons. The molecular weight excluding hydrogens is 855 g/mol. The molecule has 0 aliphatic carbocycles. The first-order valence-corrected chi connectivity index (χ1v) is 19.5. The molecular formula is C47H44Cl2F4N8O2. The summed E-state index contributed by atoms with van der Waals surface area (Å²) < 4.78 is 61.4. The summed E-state index contributed by atoms with van der Waals surface area (Å²) in [5.74, 6) is -1.10. The molecule has 0 aliphatic heterocycles. The van der Waals surface area contributed by atoms with E-state index >= 15 is 0 Å². The highest BCUT2D eigenvalue weighted by Crippen LogP contribution is 2.34. The molecule has 10 nitrogen and oxygen atoms in total. The molecule has 4 aromatic heterocycles. The van der Waals surface area contributed by atoms with Crippen LogP contribution < -0.4 is 9.80 Å². The number of fused-ring (bicyclic) bond motifs is 2. The van der Waals surface area contributed by atoms with Crippen LogP contribution in [0.2, 0.25) is 0 Å². The summed E-state index contributed by atoms with van der Waals surface area (Å²) in [6.07, 6.45) is 8.17. The van der Waals surface area contributed by atoms with Crippen LogP contribution in [0.25, 0.3) is 66.8 Å². The van der Waals surface area contributed by atoms with Crippen molar-refractivity contribution in [3.05, 3.63) is 145 Å². The van der Waals surface area contributed by atoms with Crippen LogP contribution in [0.1, 0.15) is 12.8 Å². The van der Waals surface area contributed by atoms with Gasteiger partial charge in [-0.2, -0.15) is 0 Å². The van der Waals surface area contributed by atoms with Gasteiger partial charge < -0.3 is 19.6 Å². The van der Waals surface area contributed by atoms with Crippen molar-refractivity contribution in [2.75, 3.05) is 57.3 Å². The Morgan fingerprint density at radius 2 is 1.02 bits per heavy atom. The van der Waals surface area contributed by atoms with Gasteiger partial charge >= 0.3 is 0 Å². The lowest BCUT2D eigenvalue weighted by molar-refractivity contribution is 0.196. The smallest absolute Gasteiger partial charge is 0.166 e. The average Bonchev–Trinajstić information content (AvgIpc) is 3.29. The number of rotatable bonds is 13. The van der Waals surface area contributed by atoms with E-state index in [1.54, 1.807) is 68.3 Å². The fraction of sp³-hybridized carbons (Fsp3) is 0.191. The highest BCUT2D eigenvalue weighted by molar-refractivity contribution is 5.95. The summed E-state index contributed by atoms with van der Waals surface area (Å²) in [4.78, 5) is 31.1. The van der Waals surface area contributed by atoms with Gasteiger partial charge in [0.2, 0.25) is 0 Å². The van der Waals surface area contributed by atoms with Crippen LogP contribution >= 0.6 is 24.8 Å². The maximum atomic E-state index is 14.4. The fourth-order valence-corrected chi connectivity index (χ4v) is 6.81. The van der Waals surface area contributed by atoms with Gasteiger partial charge in [-0.15, -0.1) is 24.8 Å². The molecule has 0 radical (unpaired) electrons. The van der Waals surface area contributed by atoms with Crippen LogP contribution in [0.3, 0.4) is 0 Å². The van der Waals surface area contributed by atoms with Crippen LogP contribution in [0, 0.1) is 23.3 Å². The molecule has 0 fully saturated rings. The van der Waals surface area contributed by atoms with Crippen LogP contribution in [0.5, 0.6) is 0 Å². The van der Waals surface area contributed by atoms with Crippen molar-refractivity contribution in [2.24, 2.45) is 0 Å². The van der Waals surface area contributed by atoms with Crippen LogP contribution in [0.15, 0.2) is 122 Å². The molecule has 0 bridgehead atoms. The first-order valence-electron chi connectivity index (χ1n) is 19.5. The number of benzene rings is 4. The van der Waals surface area contributed by atoms with Gasteiger partial charge in [0.05, 0.1) is 11.0 Å². The molecule has 0 aliphatic rings. The number of halogens is 6. The van der Waals surface area contributed by atoms with Gasteiger partial charge in [-0.1, -0.05) is 36.4 Å². The minimum absolute atomic E-state index is 0. The number of aliphatic hydroxyl groups excluding tert-OH is 1. The van der Waals surface area contributed by atoms with Gasteiger partial charge in [0.1, 0.15) is 11.6 Å². The maximum absolute atomic E-state index is 14.4. The van der Waals surface area contributed by atoms with E-state index in [4.69, 9.17) is 14.7 Å². The fourth-order valence-electron chi connectivity index (χ4n) is 6.81. The van der Waals surface area contributed by atoms with E-state index in [-0.39, 0.29) is 42.5 Å². The molecule has 0 atom stereocenters. The third kappa shape index (κ3) is 11.0. The zero-order valence-electron chi connectivity index (χ0n) is 34.6. The SMILES string of the molecule is CN(CCCO)c1nc(-c2cccnc2)nc2ccc(-c3cccc(F)c3F)cc12.COCCCN(C)c1nc(-c2cccnc2)nc2ccc(-c3cccc(F)c3F)cc12.Cl.Cl. The zero-order chi connectivity index (χ0) is 42.9. The molecule has 4 heterocycles. The summed E-state index contributed by atoms with van der Waals surface area (Å²) in [6, 6.07) is 26.3. The van der Waals surface area contributed by atoms with E-state index in [1.165, 1.54) is 12.1 Å². The Morgan fingerprint density at radius 1 is 0.556 bits per heavy atom. The lowest BCUT2D eigenvalue weighted by atomic mass is 10.0. The predicted molar refractivity (Wildman–Crippen MR) is 245 cm³/mol. The van der Waals surface area contributed by atoms with Gasteiger partial charge in [0.15, 0.2) is 34.9 Å². The summed E-state index contributed by atoms with van der Waals surface area (Å²) in [5.41, 5.74) is 4.44. The van der Waals surface area contributed by atoms with Crippen molar-refractivity contribution in [2.45, 2.75) is 12.8 Å². The Kier molecular flexibility index (Phi) is 16.8.